The van der Waals surface area contributed by atoms with E-state index in [1.807, 2.05) is 18.2 Å². The summed E-state index contributed by atoms with van der Waals surface area (Å²) in [4.78, 5) is 40.6. The minimum Gasteiger partial charge on any atom is -0.366 e. The largest absolute Gasteiger partial charge is 0.366 e. The average Bonchev–Trinajstić information content (AvgIpc) is 3.56. The predicted molar refractivity (Wildman–Crippen MR) is 141 cm³/mol. The van der Waals surface area contributed by atoms with Crippen LogP contribution in [0.3, 0.4) is 0 Å². The van der Waals surface area contributed by atoms with E-state index in [1.54, 1.807) is 50.8 Å². The Bertz CT molecular complexity index is 1510. The SMILES string of the molecule is NC(=O)N1CCN(c2cc(-n3ccccc3=O)ccc2-n2cc(CNC(=O)c3ccc(Cl)s3)nn2)CC1. The first-order valence-corrected chi connectivity index (χ1v) is 12.6. The Morgan fingerprint density at radius 1 is 1.05 bits per heavy atom. The van der Waals surface area contributed by atoms with Crippen LogP contribution in [0.5, 0.6) is 0 Å². The number of nitrogens with zero attached hydrogens (tertiary/aromatic N) is 6. The number of primary amides is 1. The van der Waals surface area contributed by atoms with E-state index in [2.05, 4.69) is 20.5 Å². The number of nitrogens with two attached hydrogens (primary N) is 1. The van der Waals surface area contributed by atoms with Crippen molar-refractivity contribution in [2.45, 2.75) is 6.54 Å². The Morgan fingerprint density at radius 2 is 1.86 bits per heavy atom. The summed E-state index contributed by atoms with van der Waals surface area (Å²) in [5.74, 6) is -0.239. The van der Waals surface area contributed by atoms with Gasteiger partial charge in [-0.15, -0.1) is 16.4 Å². The molecule has 1 aromatic carbocycles. The summed E-state index contributed by atoms with van der Waals surface area (Å²) in [5, 5.41) is 11.3. The number of carbonyl (C=O) groups is 2. The van der Waals surface area contributed by atoms with Gasteiger partial charge >= 0.3 is 6.03 Å². The van der Waals surface area contributed by atoms with Crippen molar-refractivity contribution >= 4 is 40.6 Å². The standard InChI is InChI=1S/C24H23ClN8O3S/c25-21-7-6-20(37-21)23(35)27-14-16-15-33(29-28-16)18-5-4-17(32-8-2-1-3-22(32)34)13-19(18)30-9-11-31(12-10-30)24(26)36/h1-8,13,15H,9-12,14H2,(H2,26,36)(H,27,35). The molecule has 3 amide bonds. The highest BCUT2D eigenvalue weighted by atomic mass is 35.5. The van der Waals surface area contributed by atoms with E-state index in [-0.39, 0.29) is 18.0 Å². The molecule has 0 spiro atoms. The zero-order valence-electron chi connectivity index (χ0n) is 19.6. The number of nitrogens with one attached hydrogen (secondary N) is 1. The van der Waals surface area contributed by atoms with Crippen LogP contribution in [0.2, 0.25) is 4.34 Å². The van der Waals surface area contributed by atoms with Gasteiger partial charge in [0.25, 0.3) is 11.5 Å². The van der Waals surface area contributed by atoms with Crippen molar-refractivity contribution in [3.05, 3.63) is 86.2 Å². The second kappa shape index (κ2) is 10.4. The summed E-state index contributed by atoms with van der Waals surface area (Å²) in [6.07, 6.45) is 3.46. The zero-order valence-corrected chi connectivity index (χ0v) is 21.2. The van der Waals surface area contributed by atoms with Crippen molar-refractivity contribution in [1.82, 2.24) is 29.8 Å². The number of benzene rings is 1. The Hall–Kier alpha value is -4.16. The van der Waals surface area contributed by atoms with Crippen LogP contribution in [0, 0.1) is 0 Å². The molecule has 1 fully saturated rings. The first-order valence-electron chi connectivity index (χ1n) is 11.5. The molecule has 0 aliphatic carbocycles. The lowest BCUT2D eigenvalue weighted by molar-refractivity contribution is 0.0954. The molecular formula is C24H23ClN8O3S. The van der Waals surface area contributed by atoms with Gasteiger partial charge in [-0.1, -0.05) is 22.9 Å². The van der Waals surface area contributed by atoms with Crippen LogP contribution >= 0.6 is 22.9 Å². The van der Waals surface area contributed by atoms with E-state index in [4.69, 9.17) is 17.3 Å². The van der Waals surface area contributed by atoms with Crippen LogP contribution < -0.4 is 21.5 Å². The van der Waals surface area contributed by atoms with Gasteiger partial charge in [-0.2, -0.15) is 0 Å². The van der Waals surface area contributed by atoms with Crippen LogP contribution in [-0.2, 0) is 6.54 Å². The molecule has 1 saturated heterocycles. The van der Waals surface area contributed by atoms with Crippen molar-refractivity contribution in [3.63, 3.8) is 0 Å². The fourth-order valence-electron chi connectivity index (χ4n) is 4.11. The molecule has 0 unspecified atom stereocenters. The second-order valence-corrected chi connectivity index (χ2v) is 10.1. The average molecular weight is 539 g/mol. The summed E-state index contributed by atoms with van der Waals surface area (Å²) in [6, 6.07) is 13.5. The first kappa shape index (κ1) is 24.5. The lowest BCUT2D eigenvalue weighted by Crippen LogP contribution is -2.50. The number of anilines is 1. The van der Waals surface area contributed by atoms with Crippen LogP contribution in [0.25, 0.3) is 11.4 Å². The number of urea groups is 1. The second-order valence-electron chi connectivity index (χ2n) is 8.34. The van der Waals surface area contributed by atoms with E-state index < -0.39 is 6.03 Å². The lowest BCUT2D eigenvalue weighted by Gasteiger charge is -2.36. The maximum Gasteiger partial charge on any atom is 0.314 e. The van der Waals surface area contributed by atoms with Crippen molar-refractivity contribution < 1.29 is 9.59 Å². The van der Waals surface area contributed by atoms with Crippen molar-refractivity contribution in [1.29, 1.82) is 0 Å². The summed E-state index contributed by atoms with van der Waals surface area (Å²) in [7, 11) is 0. The normalized spacial score (nSPS) is 13.5. The third-order valence-corrected chi connectivity index (χ3v) is 7.24. The molecule has 0 bridgehead atoms. The van der Waals surface area contributed by atoms with Gasteiger partial charge in [0.05, 0.1) is 39.0 Å². The van der Waals surface area contributed by atoms with Crippen molar-refractivity contribution in [3.8, 4) is 11.4 Å². The quantitative estimate of drug-likeness (QED) is 0.387. The monoisotopic (exact) mass is 538 g/mol. The van der Waals surface area contributed by atoms with Gasteiger partial charge in [-0.05, 0) is 36.4 Å². The fraction of sp³-hybridized carbons (Fsp3) is 0.208. The molecule has 13 heteroatoms. The number of pyridine rings is 1. The van der Waals surface area contributed by atoms with Crippen LogP contribution in [0.1, 0.15) is 15.4 Å². The number of halogens is 1. The highest BCUT2D eigenvalue weighted by Crippen LogP contribution is 2.28. The molecule has 1 aliphatic rings. The third-order valence-electron chi connectivity index (χ3n) is 6.01. The molecule has 0 atom stereocenters. The highest BCUT2D eigenvalue weighted by molar-refractivity contribution is 7.18. The summed E-state index contributed by atoms with van der Waals surface area (Å²) >= 11 is 7.12. The van der Waals surface area contributed by atoms with Crippen LogP contribution in [0.15, 0.2) is 65.7 Å². The highest BCUT2D eigenvalue weighted by Gasteiger charge is 2.23. The number of rotatable bonds is 6. The molecule has 37 heavy (non-hydrogen) atoms. The fourth-order valence-corrected chi connectivity index (χ4v) is 5.07. The van der Waals surface area contributed by atoms with E-state index in [0.29, 0.717) is 46.8 Å². The lowest BCUT2D eigenvalue weighted by atomic mass is 10.2. The van der Waals surface area contributed by atoms with Gasteiger partial charge in [-0.25, -0.2) is 9.48 Å². The van der Waals surface area contributed by atoms with Crippen molar-refractivity contribution in [2.24, 2.45) is 5.73 Å². The van der Waals surface area contributed by atoms with Crippen LogP contribution in [-0.4, -0.2) is 62.6 Å². The zero-order chi connectivity index (χ0) is 25.9. The Labute approximate surface area is 220 Å². The molecular weight excluding hydrogens is 516 g/mol. The van der Waals surface area contributed by atoms with Gasteiger partial charge < -0.3 is 20.9 Å². The molecule has 4 heterocycles. The predicted octanol–water partition coefficient (Wildman–Crippen LogP) is 2.26. The topological polar surface area (TPSA) is 131 Å². The van der Waals surface area contributed by atoms with Gasteiger partial charge in [-0.3, -0.25) is 14.2 Å². The number of hydrogen-bond acceptors (Lipinski definition) is 7. The molecule has 0 saturated carbocycles. The Morgan fingerprint density at radius 3 is 2.57 bits per heavy atom. The van der Waals surface area contributed by atoms with Gasteiger partial charge in [0.2, 0.25) is 0 Å². The maximum atomic E-state index is 12.4. The van der Waals surface area contributed by atoms with Crippen LogP contribution in [0.4, 0.5) is 10.5 Å². The summed E-state index contributed by atoms with van der Waals surface area (Å²) in [6.45, 7) is 2.27. The first-order chi connectivity index (χ1) is 17.9. The minimum absolute atomic E-state index is 0.148. The molecule has 190 valence electrons. The molecule has 4 aromatic rings. The van der Waals surface area contributed by atoms with E-state index in [9.17, 15) is 14.4 Å². The Kier molecular flexibility index (Phi) is 6.93. The molecule has 0 radical (unpaired) electrons. The van der Waals surface area contributed by atoms with Gasteiger partial charge in [0.1, 0.15) is 5.69 Å². The molecule has 1 aliphatic heterocycles. The van der Waals surface area contributed by atoms with E-state index >= 15 is 0 Å². The van der Waals surface area contributed by atoms with Gasteiger partial charge in [0.15, 0.2) is 0 Å². The molecule has 5 rings (SSSR count). The molecule has 11 nitrogen and oxygen atoms in total. The number of piperazine rings is 1. The smallest absolute Gasteiger partial charge is 0.314 e. The van der Waals surface area contributed by atoms with Crippen molar-refractivity contribution in [2.75, 3.05) is 31.1 Å². The number of carbonyl (C=O) groups excluding carboxylic acids is 2. The Balaban J connectivity index is 1.42. The number of thiophene rings is 1. The maximum absolute atomic E-state index is 12.4. The van der Waals surface area contributed by atoms with Gasteiger partial charge in [0, 0.05) is 38.4 Å². The summed E-state index contributed by atoms with van der Waals surface area (Å²) in [5.41, 5.74) is 8.15. The van der Waals surface area contributed by atoms with E-state index in [1.165, 1.54) is 17.4 Å². The molecule has 3 N–H and O–H groups in total. The van der Waals surface area contributed by atoms with E-state index in [0.717, 1.165) is 11.4 Å². The molecule has 3 aromatic heterocycles. The number of amides is 3. The third kappa shape index (κ3) is 5.34. The minimum atomic E-state index is -0.447. The number of aromatic nitrogens is 4. The summed E-state index contributed by atoms with van der Waals surface area (Å²) < 4.78 is 3.74. The number of hydrogen-bond donors (Lipinski definition) is 2.